The second-order valence-electron chi connectivity index (χ2n) is 4.22. The highest BCUT2D eigenvalue weighted by Crippen LogP contribution is 2.02. The molecule has 0 unspecified atom stereocenters. The zero-order valence-corrected chi connectivity index (χ0v) is 11.3. The highest BCUT2D eigenvalue weighted by molar-refractivity contribution is 5.72. The van der Waals surface area contributed by atoms with Gasteiger partial charge < -0.3 is 41.8 Å². The van der Waals surface area contributed by atoms with Crippen LogP contribution in [-0.4, -0.2) is 74.8 Å². The molecule has 0 radical (unpaired) electrons. The number of hydrogen-bond acceptors (Lipinski definition) is 8. The lowest BCUT2D eigenvalue weighted by atomic mass is 10.1. The lowest BCUT2D eigenvalue weighted by Crippen LogP contribution is -2.43. The van der Waals surface area contributed by atoms with E-state index in [1.165, 1.54) is 6.92 Å². The van der Waals surface area contributed by atoms with Crippen LogP contribution in [0.2, 0.25) is 0 Å². The first kappa shape index (κ1) is 21.2. The summed E-state index contributed by atoms with van der Waals surface area (Å²) < 4.78 is 0. The van der Waals surface area contributed by atoms with Crippen LogP contribution in [0.15, 0.2) is 0 Å². The third kappa shape index (κ3) is 9.78. The fraction of sp³-hybridized carbons (Fsp3) is 0.818. The SMILES string of the molecule is C[C@H](O)[C@H](O)[C@@H](O)[C@@H](O)C=O.NCCC[C@H](N)C(=O)O. The van der Waals surface area contributed by atoms with Gasteiger partial charge in [0, 0.05) is 0 Å². The number of nitrogens with two attached hydrogens (primary N) is 2. The Morgan fingerprint density at radius 2 is 1.70 bits per heavy atom. The number of rotatable bonds is 8. The Labute approximate surface area is 116 Å². The molecule has 0 saturated carbocycles. The van der Waals surface area contributed by atoms with E-state index in [0.717, 1.165) is 0 Å². The Morgan fingerprint density at radius 3 is 2.00 bits per heavy atom. The zero-order valence-electron chi connectivity index (χ0n) is 11.3. The Balaban J connectivity index is 0. The Bertz CT molecular complexity index is 275. The van der Waals surface area contributed by atoms with E-state index in [1.54, 1.807) is 0 Å². The van der Waals surface area contributed by atoms with Gasteiger partial charge in [0.2, 0.25) is 0 Å². The van der Waals surface area contributed by atoms with Gasteiger partial charge in [0.05, 0.1) is 6.10 Å². The molecule has 9 heteroatoms. The van der Waals surface area contributed by atoms with E-state index in [4.69, 9.17) is 37.0 Å². The van der Waals surface area contributed by atoms with Gasteiger partial charge in [-0.2, -0.15) is 0 Å². The maximum absolute atomic E-state index is 10.0. The minimum Gasteiger partial charge on any atom is -0.480 e. The van der Waals surface area contributed by atoms with Crippen molar-refractivity contribution in [2.45, 2.75) is 50.2 Å². The number of aliphatic hydroxyl groups excluding tert-OH is 4. The number of carboxylic acid groups (broad SMARTS) is 1. The molecule has 0 fully saturated rings. The molecule has 0 heterocycles. The second kappa shape index (κ2) is 11.7. The van der Waals surface area contributed by atoms with Gasteiger partial charge in [0.25, 0.3) is 0 Å². The predicted octanol–water partition coefficient (Wildman–Crippen LogP) is -3.21. The standard InChI is InChI=1S/C6H12O5.C5H12N2O2/c1-3(8)5(10)6(11)4(9)2-7;6-3-1-2-4(7)5(8)9/h2-6,8-11H,1H3;4H,1-3,6-7H2,(H,8,9)/t3-,4-,5-,6-;4-/m00/s1. The molecule has 0 aromatic carbocycles. The molecule has 120 valence electrons. The number of carboxylic acids is 1. The molecule has 5 atom stereocenters. The van der Waals surface area contributed by atoms with Crippen molar-refractivity contribution in [1.29, 1.82) is 0 Å². The molecule has 0 saturated heterocycles. The van der Waals surface area contributed by atoms with Crippen molar-refractivity contribution in [1.82, 2.24) is 0 Å². The van der Waals surface area contributed by atoms with E-state index < -0.39 is 36.4 Å². The molecule has 0 rings (SSSR count). The second-order valence-corrected chi connectivity index (χ2v) is 4.22. The van der Waals surface area contributed by atoms with Crippen molar-refractivity contribution in [3.05, 3.63) is 0 Å². The maximum Gasteiger partial charge on any atom is 0.320 e. The van der Waals surface area contributed by atoms with Gasteiger partial charge in [-0.15, -0.1) is 0 Å². The summed E-state index contributed by atoms with van der Waals surface area (Å²) >= 11 is 0. The number of aliphatic hydroxyl groups is 4. The fourth-order valence-electron chi connectivity index (χ4n) is 1.03. The molecule has 0 aliphatic heterocycles. The van der Waals surface area contributed by atoms with Gasteiger partial charge in [-0.25, -0.2) is 0 Å². The average molecular weight is 296 g/mol. The summed E-state index contributed by atoms with van der Waals surface area (Å²) in [7, 11) is 0. The number of aldehydes is 1. The van der Waals surface area contributed by atoms with Crippen molar-refractivity contribution in [2.24, 2.45) is 11.5 Å². The van der Waals surface area contributed by atoms with Gasteiger partial charge >= 0.3 is 5.97 Å². The van der Waals surface area contributed by atoms with E-state index >= 15 is 0 Å². The van der Waals surface area contributed by atoms with E-state index in [9.17, 15) is 9.59 Å². The highest BCUT2D eigenvalue weighted by Gasteiger charge is 2.27. The van der Waals surface area contributed by atoms with Crippen molar-refractivity contribution in [2.75, 3.05) is 6.54 Å². The number of hydrogen-bond donors (Lipinski definition) is 7. The molecule has 0 aromatic rings. The fourth-order valence-corrected chi connectivity index (χ4v) is 1.03. The zero-order chi connectivity index (χ0) is 16.3. The first-order chi connectivity index (χ1) is 9.18. The smallest absolute Gasteiger partial charge is 0.320 e. The molecule has 0 amide bonds. The monoisotopic (exact) mass is 296 g/mol. The van der Waals surface area contributed by atoms with E-state index in [0.29, 0.717) is 19.4 Å². The molecule has 9 N–H and O–H groups in total. The van der Waals surface area contributed by atoms with Gasteiger partial charge in [0.1, 0.15) is 24.4 Å². The molecular weight excluding hydrogens is 272 g/mol. The Hall–Kier alpha value is -1.10. The number of aliphatic carboxylic acids is 1. The summed E-state index contributed by atoms with van der Waals surface area (Å²) in [5.41, 5.74) is 10.3. The first-order valence-corrected chi connectivity index (χ1v) is 6.05. The predicted molar refractivity (Wildman–Crippen MR) is 69.7 cm³/mol. The molecule has 20 heavy (non-hydrogen) atoms. The van der Waals surface area contributed by atoms with Crippen LogP contribution in [-0.2, 0) is 9.59 Å². The summed E-state index contributed by atoms with van der Waals surface area (Å²) in [5, 5.41) is 43.3. The highest BCUT2D eigenvalue weighted by atomic mass is 16.4. The van der Waals surface area contributed by atoms with E-state index in [2.05, 4.69) is 0 Å². The molecular formula is C11H24N2O7. The molecule has 0 bridgehead atoms. The molecule has 9 nitrogen and oxygen atoms in total. The third-order valence-electron chi connectivity index (χ3n) is 2.37. The third-order valence-corrected chi connectivity index (χ3v) is 2.37. The average Bonchev–Trinajstić information content (AvgIpc) is 2.42. The largest absolute Gasteiger partial charge is 0.480 e. The van der Waals surface area contributed by atoms with Crippen LogP contribution in [0, 0.1) is 0 Å². The normalized spacial score (nSPS) is 17.9. The van der Waals surface area contributed by atoms with Gasteiger partial charge in [-0.05, 0) is 26.3 Å². The molecule has 0 aliphatic rings. The maximum atomic E-state index is 10.0. The van der Waals surface area contributed by atoms with Crippen LogP contribution in [0.3, 0.4) is 0 Å². The van der Waals surface area contributed by atoms with E-state index in [-0.39, 0.29) is 6.29 Å². The van der Waals surface area contributed by atoms with Crippen LogP contribution in [0.25, 0.3) is 0 Å². The summed E-state index contributed by atoms with van der Waals surface area (Å²) in [6, 6.07) is -0.742. The van der Waals surface area contributed by atoms with Crippen LogP contribution in [0.4, 0.5) is 0 Å². The van der Waals surface area contributed by atoms with Crippen molar-refractivity contribution >= 4 is 12.3 Å². The molecule has 0 spiro atoms. The minimum absolute atomic E-state index is 0.0935. The van der Waals surface area contributed by atoms with Crippen molar-refractivity contribution < 1.29 is 35.1 Å². The van der Waals surface area contributed by atoms with Crippen LogP contribution < -0.4 is 11.5 Å². The summed E-state index contributed by atoms with van der Waals surface area (Å²) in [5.74, 6) is -0.955. The first-order valence-electron chi connectivity index (χ1n) is 6.05. The minimum atomic E-state index is -1.65. The van der Waals surface area contributed by atoms with Gasteiger partial charge in [-0.1, -0.05) is 0 Å². The Morgan fingerprint density at radius 1 is 1.20 bits per heavy atom. The van der Waals surface area contributed by atoms with Crippen LogP contribution in [0.1, 0.15) is 19.8 Å². The van der Waals surface area contributed by atoms with E-state index in [1.807, 2.05) is 0 Å². The van der Waals surface area contributed by atoms with Crippen LogP contribution in [0.5, 0.6) is 0 Å². The quantitative estimate of drug-likeness (QED) is 0.226. The van der Waals surface area contributed by atoms with Gasteiger partial charge in [0.15, 0.2) is 6.29 Å². The molecule has 0 aromatic heterocycles. The summed E-state index contributed by atoms with van der Waals surface area (Å²) in [4.78, 5) is 19.9. The lowest BCUT2D eigenvalue weighted by molar-refractivity contribution is -0.138. The van der Waals surface area contributed by atoms with Crippen molar-refractivity contribution in [3.8, 4) is 0 Å². The van der Waals surface area contributed by atoms with Crippen LogP contribution >= 0.6 is 0 Å². The number of carbonyl (C=O) groups excluding carboxylic acids is 1. The van der Waals surface area contributed by atoms with Crippen molar-refractivity contribution in [3.63, 3.8) is 0 Å². The Kier molecular flexibility index (Phi) is 12.4. The number of carbonyl (C=O) groups is 2. The summed E-state index contributed by atoms with van der Waals surface area (Å²) in [6.07, 6.45) is -4.74. The van der Waals surface area contributed by atoms with Gasteiger partial charge in [-0.3, -0.25) is 4.79 Å². The summed E-state index contributed by atoms with van der Waals surface area (Å²) in [6.45, 7) is 1.74. The molecule has 0 aliphatic carbocycles. The lowest BCUT2D eigenvalue weighted by Gasteiger charge is -2.21. The topological polar surface area (TPSA) is 187 Å².